The number of rotatable bonds is 59. The smallest absolute Gasteiger partial charge is 0.306 e. The van der Waals surface area contributed by atoms with Crippen LogP contribution in [0.2, 0.25) is 0 Å². The van der Waals surface area contributed by atoms with E-state index in [0.29, 0.717) is 17.4 Å². The molecule has 0 amide bonds. The number of carbonyl (C=O) groups is 2. The van der Waals surface area contributed by atoms with E-state index >= 15 is 0 Å². The van der Waals surface area contributed by atoms with Gasteiger partial charge in [0.15, 0.2) is 6.10 Å². The Morgan fingerprint density at radius 2 is 0.708 bits per heavy atom. The van der Waals surface area contributed by atoms with Crippen LogP contribution < -0.4 is 4.89 Å². The summed E-state index contributed by atoms with van der Waals surface area (Å²) < 4.78 is 34.1. The van der Waals surface area contributed by atoms with Crippen LogP contribution >= 0.6 is 7.82 Å². The van der Waals surface area contributed by atoms with Gasteiger partial charge in [-0.2, -0.15) is 0 Å². The monoisotopic (exact) mass is 1040 g/mol. The topological polar surface area (TPSA) is 111 Å². The fourth-order valence-electron chi connectivity index (χ4n) is 9.42. The highest BCUT2D eigenvalue weighted by molar-refractivity contribution is 7.45. The molecule has 9 nitrogen and oxygen atoms in total. The second-order valence-electron chi connectivity index (χ2n) is 22.8. The van der Waals surface area contributed by atoms with Crippen molar-refractivity contribution in [3.8, 4) is 0 Å². The molecule has 0 heterocycles. The molecule has 0 aliphatic carbocycles. The van der Waals surface area contributed by atoms with Crippen LogP contribution in [0.3, 0.4) is 0 Å². The molecule has 0 aromatic rings. The number of esters is 2. The van der Waals surface area contributed by atoms with Crippen molar-refractivity contribution in [2.45, 2.75) is 328 Å². The van der Waals surface area contributed by atoms with Gasteiger partial charge < -0.3 is 27.9 Å². The van der Waals surface area contributed by atoms with E-state index in [0.717, 1.165) is 51.4 Å². The van der Waals surface area contributed by atoms with E-state index < -0.39 is 26.5 Å². The average Bonchev–Trinajstić information content (AvgIpc) is 3.34. The zero-order chi connectivity index (χ0) is 52.7. The summed E-state index contributed by atoms with van der Waals surface area (Å²) in [5.74, 6) is -0.826. The van der Waals surface area contributed by atoms with E-state index in [4.69, 9.17) is 18.5 Å². The Kier molecular flexibility index (Phi) is 53.6. The Morgan fingerprint density at radius 3 is 1.03 bits per heavy atom. The number of ether oxygens (including phenoxy) is 2. The summed E-state index contributed by atoms with van der Waals surface area (Å²) in [5.41, 5.74) is 0. The number of phosphoric ester groups is 1. The van der Waals surface area contributed by atoms with Gasteiger partial charge >= 0.3 is 11.9 Å². The molecule has 10 heteroatoms. The largest absolute Gasteiger partial charge is 0.756 e. The van der Waals surface area contributed by atoms with E-state index in [1.807, 2.05) is 21.1 Å². The first-order valence-electron chi connectivity index (χ1n) is 31.4. The minimum atomic E-state index is -4.63. The van der Waals surface area contributed by atoms with Crippen LogP contribution in [0.15, 0.2) is 12.2 Å². The van der Waals surface area contributed by atoms with Crippen molar-refractivity contribution in [3.63, 3.8) is 0 Å². The van der Waals surface area contributed by atoms with Gasteiger partial charge in [-0.05, 0) is 38.5 Å². The summed E-state index contributed by atoms with van der Waals surface area (Å²) in [6.45, 7) is 4.27. The lowest BCUT2D eigenvalue weighted by molar-refractivity contribution is -0.870. The van der Waals surface area contributed by atoms with E-state index in [1.54, 1.807) is 0 Å². The Morgan fingerprint density at radius 1 is 0.417 bits per heavy atom. The van der Waals surface area contributed by atoms with Crippen LogP contribution in [0.1, 0.15) is 322 Å². The second kappa shape index (κ2) is 54.5. The van der Waals surface area contributed by atoms with Crippen LogP contribution in [0.25, 0.3) is 0 Å². The summed E-state index contributed by atoms with van der Waals surface area (Å²) in [4.78, 5) is 37.8. The van der Waals surface area contributed by atoms with Crippen LogP contribution in [0, 0.1) is 0 Å². The predicted molar refractivity (Wildman–Crippen MR) is 305 cm³/mol. The first-order valence-corrected chi connectivity index (χ1v) is 32.9. The molecule has 72 heavy (non-hydrogen) atoms. The van der Waals surface area contributed by atoms with Crippen molar-refractivity contribution in [1.82, 2.24) is 0 Å². The highest BCUT2D eigenvalue weighted by Gasteiger charge is 2.22. The quantitative estimate of drug-likeness (QED) is 0.0195. The standard InChI is InChI=1S/C62H122NO8P/c1-6-8-10-12-14-16-18-20-22-23-24-25-26-27-28-29-30-31-32-33-34-35-36-37-38-39-40-41-43-44-46-48-50-52-54-61(64)68-58-60(59-70-72(66,67)69-57-56-63(3,4)5)71-62(65)55-53-51-49-47-45-42-21-19-17-15-13-11-9-7-2/h19,21,60H,6-18,20,22-59H2,1-5H3/b21-19-. The van der Waals surface area contributed by atoms with Crippen molar-refractivity contribution in [2.24, 2.45) is 0 Å². The Hall–Kier alpha value is -1.25. The average molecular weight is 1040 g/mol. The lowest BCUT2D eigenvalue weighted by atomic mass is 10.0. The van der Waals surface area contributed by atoms with Crippen molar-refractivity contribution in [1.29, 1.82) is 0 Å². The number of hydrogen-bond acceptors (Lipinski definition) is 8. The molecule has 0 N–H and O–H groups in total. The number of carbonyl (C=O) groups excluding carboxylic acids is 2. The number of hydrogen-bond donors (Lipinski definition) is 0. The summed E-state index contributed by atoms with van der Waals surface area (Å²) >= 11 is 0. The van der Waals surface area contributed by atoms with Gasteiger partial charge in [0.1, 0.15) is 19.8 Å². The molecule has 2 unspecified atom stereocenters. The molecule has 0 saturated carbocycles. The zero-order valence-electron chi connectivity index (χ0n) is 48.7. The van der Waals surface area contributed by atoms with E-state index in [1.165, 1.54) is 238 Å². The summed E-state index contributed by atoms with van der Waals surface area (Å²) in [7, 11) is 1.18. The number of likely N-dealkylation sites (N-methyl/N-ethyl adjacent to an activating group) is 1. The Labute approximate surface area is 447 Å². The predicted octanol–water partition coefficient (Wildman–Crippen LogP) is 19.0. The molecular weight excluding hydrogens is 918 g/mol. The SMILES string of the molecule is CCCCCCC/C=C\CCCCCCCC(=O)OC(COC(=O)CCCCCCCCCCCCCCCCCCCCCCCCCCCCCCCCCCCC)COP(=O)([O-])OCC[N+](C)(C)C. The van der Waals surface area contributed by atoms with Gasteiger partial charge in [0.25, 0.3) is 7.82 Å². The van der Waals surface area contributed by atoms with E-state index in [2.05, 4.69) is 26.0 Å². The number of allylic oxidation sites excluding steroid dienone is 2. The second-order valence-corrected chi connectivity index (χ2v) is 24.2. The Bertz CT molecular complexity index is 1220. The third-order valence-corrected chi connectivity index (χ3v) is 15.2. The van der Waals surface area contributed by atoms with Crippen LogP contribution in [0.5, 0.6) is 0 Å². The van der Waals surface area contributed by atoms with Crippen molar-refractivity contribution in [3.05, 3.63) is 12.2 Å². The molecule has 0 fully saturated rings. The fraction of sp³-hybridized carbons (Fsp3) is 0.935. The van der Waals surface area contributed by atoms with Gasteiger partial charge in [-0.15, -0.1) is 0 Å². The maximum absolute atomic E-state index is 12.7. The lowest BCUT2D eigenvalue weighted by Gasteiger charge is -2.28. The van der Waals surface area contributed by atoms with Crippen LogP contribution in [0.4, 0.5) is 0 Å². The van der Waals surface area contributed by atoms with Crippen molar-refractivity contribution < 1.29 is 42.1 Å². The van der Waals surface area contributed by atoms with Gasteiger partial charge in [0.2, 0.25) is 0 Å². The molecule has 428 valence electrons. The van der Waals surface area contributed by atoms with Crippen molar-refractivity contribution >= 4 is 19.8 Å². The van der Waals surface area contributed by atoms with Gasteiger partial charge in [-0.25, -0.2) is 0 Å². The molecule has 2 atom stereocenters. The summed E-state index contributed by atoms with van der Waals surface area (Å²) in [6.07, 6.45) is 64.4. The van der Waals surface area contributed by atoms with Crippen LogP contribution in [-0.4, -0.2) is 70.0 Å². The maximum atomic E-state index is 12.7. The fourth-order valence-corrected chi connectivity index (χ4v) is 10.1. The summed E-state index contributed by atoms with van der Waals surface area (Å²) in [6, 6.07) is 0. The molecule has 0 aromatic heterocycles. The molecule has 0 spiro atoms. The highest BCUT2D eigenvalue weighted by atomic mass is 31.2. The Balaban J connectivity index is 3.90. The molecule has 0 aliphatic heterocycles. The zero-order valence-corrected chi connectivity index (χ0v) is 49.6. The van der Waals surface area contributed by atoms with E-state index in [9.17, 15) is 19.0 Å². The van der Waals surface area contributed by atoms with Gasteiger partial charge in [-0.1, -0.05) is 283 Å². The number of nitrogens with zero attached hydrogens (tertiary/aromatic N) is 1. The molecule has 0 bridgehead atoms. The first kappa shape index (κ1) is 70.8. The molecule has 0 aromatic carbocycles. The van der Waals surface area contributed by atoms with Crippen LogP contribution in [-0.2, 0) is 32.7 Å². The molecule has 0 rings (SSSR count). The van der Waals surface area contributed by atoms with Gasteiger partial charge in [0.05, 0.1) is 27.7 Å². The molecule has 0 radical (unpaired) electrons. The van der Waals surface area contributed by atoms with E-state index in [-0.39, 0.29) is 32.0 Å². The highest BCUT2D eigenvalue weighted by Crippen LogP contribution is 2.38. The molecular formula is C62H122NO8P. The number of quaternary nitrogens is 1. The van der Waals surface area contributed by atoms with Gasteiger partial charge in [-0.3, -0.25) is 14.2 Å². The lowest BCUT2D eigenvalue weighted by Crippen LogP contribution is -2.37. The summed E-state index contributed by atoms with van der Waals surface area (Å²) in [5, 5.41) is 0. The van der Waals surface area contributed by atoms with Gasteiger partial charge in [0, 0.05) is 12.8 Å². The third kappa shape index (κ3) is 58.0. The number of phosphoric acid groups is 1. The maximum Gasteiger partial charge on any atom is 0.306 e. The first-order chi connectivity index (χ1) is 35.0. The minimum absolute atomic E-state index is 0.0289. The normalized spacial score (nSPS) is 13.2. The number of unbranched alkanes of at least 4 members (excludes halogenated alkanes) is 43. The minimum Gasteiger partial charge on any atom is -0.756 e. The molecule has 0 aliphatic rings. The molecule has 0 saturated heterocycles. The third-order valence-electron chi connectivity index (χ3n) is 14.3. The van der Waals surface area contributed by atoms with Crippen molar-refractivity contribution in [2.75, 3.05) is 47.5 Å².